The molecular weight excluding hydrogens is 250 g/mol. The van der Waals surface area contributed by atoms with Crippen LogP contribution >= 0.6 is 0 Å². The summed E-state index contributed by atoms with van der Waals surface area (Å²) in [5.74, 6) is 0. The van der Waals surface area contributed by atoms with Crippen molar-refractivity contribution in [3.63, 3.8) is 0 Å². The lowest BCUT2D eigenvalue weighted by atomic mass is 9.97. The average molecular weight is 283 g/mol. The second-order valence-electron chi connectivity index (χ2n) is 7.34. The van der Waals surface area contributed by atoms with E-state index in [1.54, 1.807) is 0 Å². The Kier molecular flexibility index (Phi) is 5.46. The fourth-order valence-corrected chi connectivity index (χ4v) is 4.25. The highest BCUT2D eigenvalue weighted by Gasteiger charge is 2.42. The van der Waals surface area contributed by atoms with Crippen LogP contribution in [0, 0.1) is 0 Å². The van der Waals surface area contributed by atoms with Crippen LogP contribution in [0.5, 0.6) is 0 Å². The lowest BCUT2D eigenvalue weighted by Gasteiger charge is -2.36. The largest absolute Gasteiger partial charge is 0.394 e. The molecule has 118 valence electrons. The summed E-state index contributed by atoms with van der Waals surface area (Å²) in [6, 6.07) is 1.70. The number of aliphatic hydroxyl groups is 1. The molecular formula is C16H33N3O. The minimum Gasteiger partial charge on any atom is -0.394 e. The van der Waals surface area contributed by atoms with Crippen LogP contribution in [0.3, 0.4) is 0 Å². The van der Waals surface area contributed by atoms with Gasteiger partial charge in [-0.1, -0.05) is 13.8 Å². The van der Waals surface area contributed by atoms with E-state index in [2.05, 4.69) is 42.9 Å². The zero-order chi connectivity index (χ0) is 14.8. The predicted molar refractivity (Wildman–Crippen MR) is 84.0 cm³/mol. The Morgan fingerprint density at radius 2 is 2.10 bits per heavy atom. The number of rotatable bonds is 4. The van der Waals surface area contributed by atoms with Crippen molar-refractivity contribution in [2.24, 2.45) is 0 Å². The van der Waals surface area contributed by atoms with Crippen molar-refractivity contribution >= 4 is 0 Å². The maximum atomic E-state index is 9.86. The zero-order valence-electron chi connectivity index (χ0n) is 13.7. The fourth-order valence-electron chi connectivity index (χ4n) is 4.25. The molecule has 1 heterocycles. The lowest BCUT2D eigenvalue weighted by Crippen LogP contribution is -2.51. The molecule has 4 nitrogen and oxygen atoms in total. The molecule has 3 unspecified atom stereocenters. The standard InChI is InChI=1S/C16H33N3O/c1-13(2)17-16(12-20)7-6-15(10-16)19-9-5-8-18(4)11-14(19)3/h13-15,17,20H,5-12H2,1-4H3. The highest BCUT2D eigenvalue weighted by molar-refractivity contribution is 5.01. The smallest absolute Gasteiger partial charge is 0.0614 e. The van der Waals surface area contributed by atoms with Gasteiger partial charge in [0.2, 0.25) is 0 Å². The zero-order valence-corrected chi connectivity index (χ0v) is 13.7. The molecule has 2 rings (SSSR count). The van der Waals surface area contributed by atoms with E-state index in [-0.39, 0.29) is 12.1 Å². The molecule has 4 heteroatoms. The number of likely N-dealkylation sites (N-methyl/N-ethyl adjacent to an activating group) is 1. The molecule has 3 atom stereocenters. The molecule has 0 bridgehead atoms. The molecule has 1 aliphatic carbocycles. The molecule has 0 aromatic carbocycles. The van der Waals surface area contributed by atoms with Gasteiger partial charge in [0.1, 0.15) is 0 Å². The van der Waals surface area contributed by atoms with Crippen LogP contribution in [-0.2, 0) is 0 Å². The van der Waals surface area contributed by atoms with Gasteiger partial charge in [-0.25, -0.2) is 0 Å². The molecule has 20 heavy (non-hydrogen) atoms. The molecule has 2 fully saturated rings. The molecule has 0 radical (unpaired) electrons. The topological polar surface area (TPSA) is 38.7 Å². The number of nitrogens with one attached hydrogen (secondary N) is 1. The molecule has 1 saturated heterocycles. The van der Waals surface area contributed by atoms with E-state index in [4.69, 9.17) is 0 Å². The van der Waals surface area contributed by atoms with Gasteiger partial charge in [0, 0.05) is 30.2 Å². The SMILES string of the molecule is CC(C)NC1(CO)CCC(N2CCCN(C)CC2C)C1. The summed E-state index contributed by atoms with van der Waals surface area (Å²) in [4.78, 5) is 5.15. The van der Waals surface area contributed by atoms with E-state index < -0.39 is 0 Å². The van der Waals surface area contributed by atoms with Gasteiger partial charge in [0.25, 0.3) is 0 Å². The molecule has 0 aromatic heterocycles. The molecule has 1 saturated carbocycles. The van der Waals surface area contributed by atoms with E-state index in [0.29, 0.717) is 18.1 Å². The third-order valence-electron chi connectivity index (χ3n) is 5.05. The highest BCUT2D eigenvalue weighted by atomic mass is 16.3. The van der Waals surface area contributed by atoms with Crippen LogP contribution in [0.25, 0.3) is 0 Å². The minimum atomic E-state index is -0.0449. The van der Waals surface area contributed by atoms with Crippen LogP contribution in [0.4, 0.5) is 0 Å². The lowest BCUT2D eigenvalue weighted by molar-refractivity contribution is 0.116. The quantitative estimate of drug-likeness (QED) is 0.815. The van der Waals surface area contributed by atoms with Crippen molar-refractivity contribution in [3.8, 4) is 0 Å². The Labute approximate surface area is 124 Å². The summed E-state index contributed by atoms with van der Waals surface area (Å²) >= 11 is 0. The summed E-state index contributed by atoms with van der Waals surface area (Å²) in [5.41, 5.74) is -0.0449. The van der Waals surface area contributed by atoms with Crippen molar-refractivity contribution in [2.75, 3.05) is 33.3 Å². The van der Waals surface area contributed by atoms with E-state index >= 15 is 0 Å². The van der Waals surface area contributed by atoms with Crippen molar-refractivity contribution in [1.82, 2.24) is 15.1 Å². The highest BCUT2D eigenvalue weighted by Crippen LogP contribution is 2.34. The van der Waals surface area contributed by atoms with Crippen molar-refractivity contribution in [1.29, 1.82) is 0 Å². The summed E-state index contributed by atoms with van der Waals surface area (Å²) < 4.78 is 0. The van der Waals surface area contributed by atoms with Crippen LogP contribution in [0.2, 0.25) is 0 Å². The van der Waals surface area contributed by atoms with Crippen molar-refractivity contribution < 1.29 is 5.11 Å². The molecule has 2 aliphatic rings. The van der Waals surface area contributed by atoms with E-state index in [0.717, 1.165) is 12.8 Å². The van der Waals surface area contributed by atoms with Gasteiger partial charge in [-0.15, -0.1) is 0 Å². The number of aliphatic hydroxyl groups excluding tert-OH is 1. The van der Waals surface area contributed by atoms with Gasteiger partial charge in [0.15, 0.2) is 0 Å². The molecule has 0 spiro atoms. The van der Waals surface area contributed by atoms with Crippen molar-refractivity contribution in [2.45, 2.75) is 70.1 Å². The average Bonchev–Trinajstić information content (AvgIpc) is 2.70. The summed E-state index contributed by atoms with van der Waals surface area (Å²) in [6.45, 7) is 10.6. The van der Waals surface area contributed by atoms with Gasteiger partial charge in [-0.2, -0.15) is 0 Å². The number of nitrogens with zero attached hydrogens (tertiary/aromatic N) is 2. The Hall–Kier alpha value is -0.160. The molecule has 0 aromatic rings. The van der Waals surface area contributed by atoms with E-state index in [1.807, 2.05) is 0 Å². The summed E-state index contributed by atoms with van der Waals surface area (Å²) in [6.07, 6.45) is 4.68. The Morgan fingerprint density at radius 1 is 1.35 bits per heavy atom. The van der Waals surface area contributed by atoms with Crippen LogP contribution in [-0.4, -0.2) is 71.9 Å². The number of hydrogen-bond donors (Lipinski definition) is 2. The van der Waals surface area contributed by atoms with Crippen LogP contribution in [0.15, 0.2) is 0 Å². The second kappa shape index (κ2) is 6.73. The first-order chi connectivity index (χ1) is 9.46. The Bertz CT molecular complexity index is 310. The second-order valence-corrected chi connectivity index (χ2v) is 7.34. The Morgan fingerprint density at radius 3 is 2.75 bits per heavy atom. The fraction of sp³-hybridized carbons (Fsp3) is 1.00. The van der Waals surface area contributed by atoms with Gasteiger partial charge in [0.05, 0.1) is 6.61 Å². The molecule has 1 aliphatic heterocycles. The van der Waals surface area contributed by atoms with Gasteiger partial charge in [-0.05, 0) is 52.7 Å². The van der Waals surface area contributed by atoms with Gasteiger partial charge < -0.3 is 15.3 Å². The first-order valence-electron chi connectivity index (χ1n) is 8.28. The summed E-state index contributed by atoms with van der Waals surface area (Å²) in [7, 11) is 2.23. The molecule has 2 N–H and O–H groups in total. The first kappa shape index (κ1) is 16.2. The van der Waals surface area contributed by atoms with E-state index in [9.17, 15) is 5.11 Å². The monoisotopic (exact) mass is 283 g/mol. The summed E-state index contributed by atoms with van der Waals surface area (Å²) in [5, 5.41) is 13.5. The van der Waals surface area contributed by atoms with Crippen LogP contribution in [0.1, 0.15) is 46.5 Å². The predicted octanol–water partition coefficient (Wildman–Crippen LogP) is 1.29. The third kappa shape index (κ3) is 3.73. The minimum absolute atomic E-state index is 0.0449. The van der Waals surface area contributed by atoms with Gasteiger partial charge in [-0.3, -0.25) is 4.90 Å². The maximum absolute atomic E-state index is 9.86. The van der Waals surface area contributed by atoms with Gasteiger partial charge >= 0.3 is 0 Å². The third-order valence-corrected chi connectivity index (χ3v) is 5.05. The van der Waals surface area contributed by atoms with E-state index in [1.165, 1.54) is 32.5 Å². The molecule has 0 amide bonds. The van der Waals surface area contributed by atoms with Crippen molar-refractivity contribution in [3.05, 3.63) is 0 Å². The first-order valence-corrected chi connectivity index (χ1v) is 8.28. The maximum Gasteiger partial charge on any atom is 0.0614 e. The number of hydrogen-bond acceptors (Lipinski definition) is 4. The Balaban J connectivity index is 2.00. The van der Waals surface area contributed by atoms with Crippen LogP contribution < -0.4 is 5.32 Å². The normalized spacial score (nSPS) is 37.5.